The predicted molar refractivity (Wildman–Crippen MR) is 89.9 cm³/mol. The first kappa shape index (κ1) is 16.2. The highest BCUT2D eigenvalue weighted by atomic mass is 79.9. The van der Waals surface area contributed by atoms with Gasteiger partial charge in [-0.25, -0.2) is 0 Å². The highest BCUT2D eigenvalue weighted by molar-refractivity contribution is 9.10. The van der Waals surface area contributed by atoms with E-state index in [4.69, 9.17) is 11.6 Å². The quantitative estimate of drug-likeness (QED) is 0.475. The number of halogens is 2. The molecule has 0 heterocycles. The zero-order valence-corrected chi connectivity index (χ0v) is 13.5. The summed E-state index contributed by atoms with van der Waals surface area (Å²) in [5, 5.41) is 14.0. The lowest BCUT2D eigenvalue weighted by Crippen LogP contribution is -2.07. The van der Waals surface area contributed by atoms with Crippen LogP contribution in [0.2, 0.25) is 5.02 Å². The number of rotatable bonds is 4. The number of nitrogens with one attached hydrogen (secondary N) is 1. The largest absolute Gasteiger partial charge is 0.322 e. The second-order valence-electron chi connectivity index (χ2n) is 4.27. The summed E-state index contributed by atoms with van der Waals surface area (Å²) >= 11 is 9.19. The van der Waals surface area contributed by atoms with Gasteiger partial charge in [0.2, 0.25) is 5.91 Å². The van der Waals surface area contributed by atoms with Crippen LogP contribution in [-0.2, 0) is 4.79 Å². The molecule has 0 fully saturated rings. The van der Waals surface area contributed by atoms with Crippen LogP contribution in [0.15, 0.2) is 53.0 Å². The molecule has 0 bridgehead atoms. The van der Waals surface area contributed by atoms with Crippen molar-refractivity contribution in [1.82, 2.24) is 0 Å². The van der Waals surface area contributed by atoms with Crippen LogP contribution in [0.4, 0.5) is 11.4 Å². The van der Waals surface area contributed by atoms with Crippen molar-refractivity contribution in [2.75, 3.05) is 5.32 Å². The molecule has 112 valence electrons. The second-order valence-corrected chi connectivity index (χ2v) is 5.53. The average molecular weight is 382 g/mol. The molecule has 0 unspecified atom stereocenters. The topological polar surface area (TPSA) is 72.2 Å². The molecule has 0 aliphatic carbocycles. The molecule has 1 N–H and O–H groups in total. The molecular formula is C15H10BrClN2O3. The normalized spacial score (nSPS) is 10.6. The number of nitrogens with zero attached hydrogens (tertiary/aromatic N) is 1. The van der Waals surface area contributed by atoms with Crippen LogP contribution in [0.5, 0.6) is 0 Å². The van der Waals surface area contributed by atoms with Crippen molar-refractivity contribution in [3.05, 3.63) is 73.7 Å². The molecule has 0 aromatic heterocycles. The molecule has 1 amide bonds. The van der Waals surface area contributed by atoms with Gasteiger partial charge in [-0.15, -0.1) is 0 Å². The summed E-state index contributed by atoms with van der Waals surface area (Å²) in [6.07, 6.45) is 2.63. The number of anilines is 1. The van der Waals surface area contributed by atoms with Gasteiger partial charge in [0, 0.05) is 22.3 Å². The van der Waals surface area contributed by atoms with E-state index in [1.54, 1.807) is 36.4 Å². The number of carbonyl (C=O) groups is 1. The third-order valence-corrected chi connectivity index (χ3v) is 3.97. The SMILES string of the molecule is O=C(C=Cc1ccccc1[N+](=O)[O-])Nc1ccc(Br)c(Cl)c1. The number of hydrogen-bond donors (Lipinski definition) is 1. The van der Waals surface area contributed by atoms with Crippen LogP contribution in [-0.4, -0.2) is 10.8 Å². The molecule has 0 saturated carbocycles. The van der Waals surface area contributed by atoms with E-state index in [9.17, 15) is 14.9 Å². The molecule has 22 heavy (non-hydrogen) atoms. The van der Waals surface area contributed by atoms with Gasteiger partial charge in [0.25, 0.3) is 5.69 Å². The Bertz CT molecular complexity index is 762. The van der Waals surface area contributed by atoms with Gasteiger partial charge in [-0.05, 0) is 46.3 Å². The number of para-hydroxylation sites is 1. The summed E-state index contributed by atoms with van der Waals surface area (Å²) in [4.78, 5) is 22.2. The van der Waals surface area contributed by atoms with Crippen LogP contribution in [0.1, 0.15) is 5.56 Å². The molecule has 7 heteroatoms. The second kappa shape index (κ2) is 7.20. The number of nitro groups is 1. The van der Waals surface area contributed by atoms with E-state index in [0.29, 0.717) is 16.3 Å². The standard InChI is InChI=1S/C15H10BrClN2O3/c16-12-7-6-11(9-13(12)17)18-15(20)8-5-10-3-1-2-4-14(10)19(21)22/h1-9H,(H,18,20). The Morgan fingerprint density at radius 2 is 2.00 bits per heavy atom. The Hall–Kier alpha value is -2.18. The lowest BCUT2D eigenvalue weighted by molar-refractivity contribution is -0.385. The molecule has 2 aromatic carbocycles. The van der Waals surface area contributed by atoms with E-state index < -0.39 is 10.8 Å². The van der Waals surface area contributed by atoms with E-state index in [0.717, 1.165) is 4.47 Å². The predicted octanol–water partition coefficient (Wildman–Crippen LogP) is 4.66. The van der Waals surface area contributed by atoms with Crippen molar-refractivity contribution < 1.29 is 9.72 Å². The lowest BCUT2D eigenvalue weighted by Gasteiger charge is -2.03. The molecule has 0 aliphatic heterocycles. The van der Waals surface area contributed by atoms with E-state index in [1.165, 1.54) is 18.2 Å². The molecule has 0 atom stereocenters. The molecule has 0 saturated heterocycles. The molecule has 0 radical (unpaired) electrons. The Morgan fingerprint density at radius 1 is 1.27 bits per heavy atom. The summed E-state index contributed by atoms with van der Waals surface area (Å²) < 4.78 is 0.725. The van der Waals surface area contributed by atoms with Gasteiger partial charge in [-0.2, -0.15) is 0 Å². The Kier molecular flexibility index (Phi) is 5.30. The van der Waals surface area contributed by atoms with Crippen molar-refractivity contribution in [1.29, 1.82) is 0 Å². The maximum absolute atomic E-state index is 11.8. The molecule has 2 rings (SSSR count). The van der Waals surface area contributed by atoms with Crippen LogP contribution < -0.4 is 5.32 Å². The first-order valence-electron chi connectivity index (χ1n) is 6.15. The van der Waals surface area contributed by atoms with Gasteiger partial charge in [0.1, 0.15) is 0 Å². The Labute approximate surface area is 139 Å². The van der Waals surface area contributed by atoms with E-state index in [2.05, 4.69) is 21.2 Å². The minimum Gasteiger partial charge on any atom is -0.322 e. The van der Waals surface area contributed by atoms with Crippen molar-refractivity contribution in [3.8, 4) is 0 Å². The zero-order valence-electron chi connectivity index (χ0n) is 11.1. The fourth-order valence-electron chi connectivity index (χ4n) is 1.72. The van der Waals surface area contributed by atoms with Crippen molar-refractivity contribution >= 4 is 50.9 Å². The number of amides is 1. The van der Waals surface area contributed by atoms with Crippen molar-refractivity contribution in [3.63, 3.8) is 0 Å². The number of nitro benzene ring substituents is 1. The summed E-state index contributed by atoms with van der Waals surface area (Å²) in [7, 11) is 0. The summed E-state index contributed by atoms with van der Waals surface area (Å²) in [6.45, 7) is 0. The first-order valence-corrected chi connectivity index (χ1v) is 7.32. The average Bonchev–Trinajstić information content (AvgIpc) is 2.49. The van der Waals surface area contributed by atoms with Crippen LogP contribution in [0.3, 0.4) is 0 Å². The van der Waals surface area contributed by atoms with Crippen LogP contribution in [0.25, 0.3) is 6.08 Å². The summed E-state index contributed by atoms with van der Waals surface area (Å²) in [5.74, 6) is -0.406. The molecular weight excluding hydrogens is 372 g/mol. The monoisotopic (exact) mass is 380 g/mol. The molecule has 0 aliphatic rings. The number of hydrogen-bond acceptors (Lipinski definition) is 3. The first-order chi connectivity index (χ1) is 10.5. The van der Waals surface area contributed by atoms with Crippen molar-refractivity contribution in [2.45, 2.75) is 0 Å². The van der Waals surface area contributed by atoms with E-state index in [1.807, 2.05) is 0 Å². The fraction of sp³-hybridized carbons (Fsp3) is 0. The smallest absolute Gasteiger partial charge is 0.276 e. The third-order valence-electron chi connectivity index (χ3n) is 2.73. The minimum atomic E-state index is -0.494. The molecule has 0 spiro atoms. The van der Waals surface area contributed by atoms with Crippen LogP contribution >= 0.6 is 27.5 Å². The fourth-order valence-corrected chi connectivity index (χ4v) is 2.15. The Balaban J connectivity index is 2.12. The van der Waals surface area contributed by atoms with Gasteiger partial charge in [-0.3, -0.25) is 14.9 Å². The van der Waals surface area contributed by atoms with Gasteiger partial charge >= 0.3 is 0 Å². The molecule has 2 aromatic rings. The summed E-state index contributed by atoms with van der Waals surface area (Å²) in [5.41, 5.74) is 0.833. The highest BCUT2D eigenvalue weighted by Gasteiger charge is 2.09. The van der Waals surface area contributed by atoms with Gasteiger partial charge in [0.15, 0.2) is 0 Å². The number of carbonyl (C=O) groups excluding carboxylic acids is 1. The molecule has 5 nitrogen and oxygen atoms in total. The van der Waals surface area contributed by atoms with E-state index in [-0.39, 0.29) is 5.69 Å². The highest BCUT2D eigenvalue weighted by Crippen LogP contribution is 2.25. The van der Waals surface area contributed by atoms with Gasteiger partial charge in [-0.1, -0.05) is 23.7 Å². The van der Waals surface area contributed by atoms with Crippen molar-refractivity contribution in [2.24, 2.45) is 0 Å². The van der Waals surface area contributed by atoms with Gasteiger partial charge < -0.3 is 5.32 Å². The lowest BCUT2D eigenvalue weighted by atomic mass is 10.1. The summed E-state index contributed by atoms with van der Waals surface area (Å²) in [6, 6.07) is 11.2. The third kappa shape index (κ3) is 4.16. The van der Waals surface area contributed by atoms with Gasteiger partial charge in [0.05, 0.1) is 15.5 Å². The Morgan fingerprint density at radius 3 is 2.68 bits per heavy atom. The van der Waals surface area contributed by atoms with Crippen LogP contribution in [0, 0.1) is 10.1 Å². The zero-order chi connectivity index (χ0) is 16.1. The minimum absolute atomic E-state index is 0.0572. The maximum Gasteiger partial charge on any atom is 0.276 e. The maximum atomic E-state index is 11.8. The van der Waals surface area contributed by atoms with E-state index >= 15 is 0 Å². The number of benzene rings is 2.